The van der Waals surface area contributed by atoms with Gasteiger partial charge in [-0.05, 0) is 49.8 Å². The predicted octanol–water partition coefficient (Wildman–Crippen LogP) is 2.85. The van der Waals surface area contributed by atoms with Crippen LogP contribution in [-0.2, 0) is 22.5 Å². The molecule has 3 aliphatic rings. The fourth-order valence-electron chi connectivity index (χ4n) is 5.45. The van der Waals surface area contributed by atoms with Crippen LogP contribution < -0.4 is 0 Å². The highest BCUT2D eigenvalue weighted by molar-refractivity contribution is 5.74. The van der Waals surface area contributed by atoms with Gasteiger partial charge in [-0.15, -0.1) is 0 Å². The number of nitrogens with zero attached hydrogens (tertiary/aromatic N) is 4. The van der Waals surface area contributed by atoms with E-state index in [9.17, 15) is 4.79 Å². The summed E-state index contributed by atoms with van der Waals surface area (Å²) in [7, 11) is 0. The quantitative estimate of drug-likeness (QED) is 0.764. The second-order valence-electron chi connectivity index (χ2n) is 8.63. The van der Waals surface area contributed by atoms with Crippen LogP contribution >= 0.6 is 0 Å². The number of carbonyl (C=O) groups excluding carboxylic acids is 1. The van der Waals surface area contributed by atoms with Gasteiger partial charge in [-0.1, -0.05) is 13.0 Å². The first-order valence-electron chi connectivity index (χ1n) is 10.6. The number of fused-ring (bicyclic) bond motifs is 2. The predicted molar refractivity (Wildman–Crippen MR) is 105 cm³/mol. The number of hydrogen-bond donors (Lipinski definition) is 0. The molecule has 148 valence electrons. The molecular formula is C22H28N4O2. The maximum absolute atomic E-state index is 11.8. The van der Waals surface area contributed by atoms with Gasteiger partial charge in [-0.2, -0.15) is 5.10 Å². The lowest BCUT2D eigenvalue weighted by Gasteiger charge is -2.37. The molecule has 5 rings (SSSR count). The molecule has 6 heteroatoms. The Labute approximate surface area is 165 Å². The molecule has 0 amide bonds. The number of aromatic nitrogens is 3. The first-order valence-corrected chi connectivity index (χ1v) is 10.6. The van der Waals surface area contributed by atoms with E-state index < -0.39 is 0 Å². The normalized spacial score (nSPS) is 30.0. The molecule has 4 unspecified atom stereocenters. The van der Waals surface area contributed by atoms with Crippen LogP contribution in [0.2, 0.25) is 0 Å². The molecule has 1 saturated carbocycles. The Morgan fingerprint density at radius 2 is 2.21 bits per heavy atom. The van der Waals surface area contributed by atoms with Gasteiger partial charge in [0.2, 0.25) is 0 Å². The molecular weight excluding hydrogens is 352 g/mol. The van der Waals surface area contributed by atoms with E-state index in [4.69, 9.17) is 4.74 Å². The molecule has 0 bridgehead atoms. The van der Waals surface area contributed by atoms with E-state index in [-0.39, 0.29) is 11.9 Å². The van der Waals surface area contributed by atoms with Crippen LogP contribution in [0.1, 0.15) is 37.4 Å². The topological polar surface area (TPSA) is 60.2 Å². The molecule has 2 fully saturated rings. The molecule has 1 saturated heterocycles. The SMILES string of the molecule is CC1C(CCN2CCc3c(cnn3-c3ccccn3)C2)CCC2C(=O)OCC21. The number of esters is 1. The molecule has 0 aromatic carbocycles. The van der Waals surface area contributed by atoms with E-state index in [1.165, 1.54) is 17.7 Å². The molecule has 6 nitrogen and oxygen atoms in total. The Morgan fingerprint density at radius 1 is 1.29 bits per heavy atom. The summed E-state index contributed by atoms with van der Waals surface area (Å²) in [5.74, 6) is 2.84. The third kappa shape index (κ3) is 3.13. The summed E-state index contributed by atoms with van der Waals surface area (Å²) in [6.07, 6.45) is 8.22. The van der Waals surface area contributed by atoms with Crippen molar-refractivity contribution in [2.24, 2.45) is 23.7 Å². The van der Waals surface area contributed by atoms with E-state index >= 15 is 0 Å². The van der Waals surface area contributed by atoms with E-state index in [0.29, 0.717) is 24.4 Å². The summed E-state index contributed by atoms with van der Waals surface area (Å²) >= 11 is 0. The molecule has 2 aliphatic heterocycles. The summed E-state index contributed by atoms with van der Waals surface area (Å²) in [4.78, 5) is 18.8. The van der Waals surface area contributed by atoms with Gasteiger partial charge < -0.3 is 4.74 Å². The minimum Gasteiger partial charge on any atom is -0.465 e. The second-order valence-corrected chi connectivity index (χ2v) is 8.63. The molecule has 0 N–H and O–H groups in total. The van der Waals surface area contributed by atoms with Crippen molar-refractivity contribution in [2.75, 3.05) is 19.7 Å². The lowest BCUT2D eigenvalue weighted by Crippen LogP contribution is -2.37. The van der Waals surface area contributed by atoms with Crippen LogP contribution in [0.25, 0.3) is 5.82 Å². The molecule has 1 aliphatic carbocycles. The fraction of sp³-hybridized carbons (Fsp3) is 0.591. The Morgan fingerprint density at radius 3 is 3.07 bits per heavy atom. The van der Waals surface area contributed by atoms with E-state index in [1.807, 2.05) is 35.3 Å². The minimum absolute atomic E-state index is 0.0452. The van der Waals surface area contributed by atoms with Gasteiger partial charge in [0.15, 0.2) is 5.82 Å². The number of pyridine rings is 1. The third-order valence-electron chi connectivity index (χ3n) is 7.20. The van der Waals surface area contributed by atoms with Crippen molar-refractivity contribution in [2.45, 2.75) is 39.2 Å². The molecule has 28 heavy (non-hydrogen) atoms. The van der Waals surface area contributed by atoms with E-state index in [1.54, 1.807) is 0 Å². The highest BCUT2D eigenvalue weighted by Crippen LogP contribution is 2.44. The fourth-order valence-corrected chi connectivity index (χ4v) is 5.45. The molecule has 4 heterocycles. The summed E-state index contributed by atoms with van der Waals surface area (Å²) in [5.41, 5.74) is 2.62. The van der Waals surface area contributed by atoms with Gasteiger partial charge >= 0.3 is 5.97 Å². The lowest BCUT2D eigenvalue weighted by molar-refractivity contribution is -0.141. The van der Waals surface area contributed by atoms with Crippen LogP contribution in [0.4, 0.5) is 0 Å². The summed E-state index contributed by atoms with van der Waals surface area (Å²) in [6, 6.07) is 5.95. The lowest BCUT2D eigenvalue weighted by atomic mass is 9.67. The largest absolute Gasteiger partial charge is 0.465 e. The Hall–Kier alpha value is -2.21. The molecule has 0 spiro atoms. The zero-order chi connectivity index (χ0) is 19.1. The Bertz CT molecular complexity index is 849. The van der Waals surface area contributed by atoms with Crippen LogP contribution in [0.3, 0.4) is 0 Å². The van der Waals surface area contributed by atoms with Gasteiger partial charge in [0, 0.05) is 37.2 Å². The highest BCUT2D eigenvalue weighted by Gasteiger charge is 2.45. The molecule has 4 atom stereocenters. The first kappa shape index (κ1) is 17.9. The van der Waals surface area contributed by atoms with Gasteiger partial charge in [0.1, 0.15) is 0 Å². The number of carbonyl (C=O) groups is 1. The number of ether oxygens (including phenoxy) is 1. The average Bonchev–Trinajstić information content (AvgIpc) is 3.32. The maximum Gasteiger partial charge on any atom is 0.309 e. The zero-order valence-electron chi connectivity index (χ0n) is 16.5. The summed E-state index contributed by atoms with van der Waals surface area (Å²) < 4.78 is 7.32. The van der Waals surface area contributed by atoms with Gasteiger partial charge in [-0.25, -0.2) is 9.67 Å². The van der Waals surface area contributed by atoms with E-state index in [0.717, 1.165) is 44.7 Å². The van der Waals surface area contributed by atoms with Crippen LogP contribution in [-0.4, -0.2) is 45.3 Å². The van der Waals surface area contributed by atoms with Gasteiger partial charge in [0.25, 0.3) is 0 Å². The zero-order valence-corrected chi connectivity index (χ0v) is 16.5. The summed E-state index contributed by atoms with van der Waals surface area (Å²) in [5, 5.41) is 4.59. The number of rotatable bonds is 4. The Kier molecular flexibility index (Phi) is 4.67. The van der Waals surface area contributed by atoms with Crippen molar-refractivity contribution >= 4 is 5.97 Å². The molecule has 2 aromatic heterocycles. The monoisotopic (exact) mass is 380 g/mol. The number of hydrogen-bond acceptors (Lipinski definition) is 5. The maximum atomic E-state index is 11.8. The van der Waals surface area contributed by atoms with E-state index in [2.05, 4.69) is 21.9 Å². The van der Waals surface area contributed by atoms with Crippen LogP contribution in [0, 0.1) is 23.7 Å². The van der Waals surface area contributed by atoms with Crippen molar-refractivity contribution in [3.63, 3.8) is 0 Å². The van der Waals surface area contributed by atoms with Crippen molar-refractivity contribution in [3.05, 3.63) is 41.9 Å². The molecule has 0 radical (unpaired) electrons. The molecule has 2 aromatic rings. The first-order chi connectivity index (χ1) is 13.7. The van der Waals surface area contributed by atoms with Crippen molar-refractivity contribution < 1.29 is 9.53 Å². The number of cyclic esters (lactones) is 1. The highest BCUT2D eigenvalue weighted by atomic mass is 16.5. The van der Waals surface area contributed by atoms with Gasteiger partial charge in [0.05, 0.1) is 24.4 Å². The van der Waals surface area contributed by atoms with Crippen LogP contribution in [0.15, 0.2) is 30.6 Å². The second kappa shape index (κ2) is 7.32. The van der Waals surface area contributed by atoms with Crippen molar-refractivity contribution in [1.82, 2.24) is 19.7 Å². The minimum atomic E-state index is 0.0452. The van der Waals surface area contributed by atoms with Gasteiger partial charge in [-0.3, -0.25) is 9.69 Å². The third-order valence-corrected chi connectivity index (χ3v) is 7.20. The van der Waals surface area contributed by atoms with Crippen LogP contribution in [0.5, 0.6) is 0 Å². The van der Waals surface area contributed by atoms with Crippen molar-refractivity contribution in [3.8, 4) is 5.82 Å². The standard InChI is InChI=1S/C22H28N4O2/c1-15-16(5-6-18-19(15)14-28-22(18)27)7-10-25-11-8-20-17(13-25)12-24-26(20)21-4-2-3-9-23-21/h2-4,9,12,15-16,18-19H,5-8,10-11,13-14H2,1H3. The Balaban J connectivity index is 1.20. The smallest absolute Gasteiger partial charge is 0.309 e. The van der Waals surface area contributed by atoms with Crippen molar-refractivity contribution in [1.29, 1.82) is 0 Å². The average molecular weight is 380 g/mol. The summed E-state index contributed by atoms with van der Waals surface area (Å²) in [6.45, 7) is 6.13.